The minimum Gasteiger partial charge on any atom is -0.207 e. The number of hydrogen-bond donors (Lipinski definition) is 0. The van der Waals surface area contributed by atoms with Gasteiger partial charge >= 0.3 is 0 Å². The molecule has 19 heavy (non-hydrogen) atoms. The SMILES string of the molecule is C[C@@H]1C[C@H](C)CN(S(=O)(=O)c2ccccc2C#N)C1. The van der Waals surface area contributed by atoms with Crippen LogP contribution in [-0.4, -0.2) is 25.8 Å². The van der Waals surface area contributed by atoms with Crippen LogP contribution < -0.4 is 0 Å². The molecule has 0 saturated carbocycles. The van der Waals surface area contributed by atoms with E-state index in [0.717, 1.165) is 6.42 Å². The molecule has 1 aromatic carbocycles. The van der Waals surface area contributed by atoms with Crippen LogP contribution in [0.1, 0.15) is 25.8 Å². The summed E-state index contributed by atoms with van der Waals surface area (Å²) in [7, 11) is -3.56. The van der Waals surface area contributed by atoms with Gasteiger partial charge in [-0.3, -0.25) is 0 Å². The van der Waals surface area contributed by atoms with Crippen molar-refractivity contribution in [2.45, 2.75) is 25.2 Å². The highest BCUT2D eigenvalue weighted by molar-refractivity contribution is 7.89. The van der Waals surface area contributed by atoms with E-state index in [4.69, 9.17) is 5.26 Å². The number of nitrogens with zero attached hydrogens (tertiary/aromatic N) is 2. The number of rotatable bonds is 2. The largest absolute Gasteiger partial charge is 0.244 e. The topological polar surface area (TPSA) is 61.2 Å². The lowest BCUT2D eigenvalue weighted by Gasteiger charge is -2.34. The fourth-order valence-electron chi connectivity index (χ4n) is 2.73. The standard InChI is InChI=1S/C14H18N2O2S/c1-11-7-12(2)10-16(9-11)19(17,18)14-6-4-3-5-13(14)8-15/h3-6,11-12H,7,9-10H2,1-2H3/t11-,12+. The molecule has 1 aromatic rings. The van der Waals surface area contributed by atoms with E-state index in [1.54, 1.807) is 18.2 Å². The average Bonchev–Trinajstić information content (AvgIpc) is 2.37. The van der Waals surface area contributed by atoms with Gasteiger partial charge in [0.1, 0.15) is 6.07 Å². The fourth-order valence-corrected chi connectivity index (χ4v) is 4.55. The van der Waals surface area contributed by atoms with Gasteiger partial charge in [-0.05, 0) is 30.4 Å². The molecule has 0 spiro atoms. The zero-order chi connectivity index (χ0) is 14.0. The molecule has 0 amide bonds. The maximum Gasteiger partial charge on any atom is 0.244 e. The van der Waals surface area contributed by atoms with E-state index in [-0.39, 0.29) is 10.5 Å². The third-order valence-corrected chi connectivity index (χ3v) is 5.35. The van der Waals surface area contributed by atoms with Gasteiger partial charge in [-0.15, -0.1) is 0 Å². The van der Waals surface area contributed by atoms with Crippen molar-refractivity contribution in [1.29, 1.82) is 5.26 Å². The van der Waals surface area contributed by atoms with Gasteiger partial charge in [0, 0.05) is 13.1 Å². The first-order valence-electron chi connectivity index (χ1n) is 6.44. The van der Waals surface area contributed by atoms with Crippen molar-refractivity contribution in [1.82, 2.24) is 4.31 Å². The highest BCUT2D eigenvalue weighted by atomic mass is 32.2. The van der Waals surface area contributed by atoms with E-state index in [2.05, 4.69) is 13.8 Å². The van der Waals surface area contributed by atoms with Gasteiger partial charge in [-0.2, -0.15) is 9.57 Å². The van der Waals surface area contributed by atoms with E-state index < -0.39 is 10.0 Å². The maximum atomic E-state index is 12.6. The Balaban J connectivity index is 2.40. The Morgan fingerprint density at radius 1 is 1.21 bits per heavy atom. The zero-order valence-corrected chi connectivity index (χ0v) is 12.0. The van der Waals surface area contributed by atoms with Gasteiger partial charge in [0.15, 0.2) is 0 Å². The predicted molar refractivity (Wildman–Crippen MR) is 72.9 cm³/mol. The lowest BCUT2D eigenvalue weighted by atomic mass is 9.94. The molecule has 2 rings (SSSR count). The molecule has 0 aliphatic carbocycles. The molecule has 102 valence electrons. The van der Waals surface area contributed by atoms with E-state index in [9.17, 15) is 8.42 Å². The number of benzene rings is 1. The smallest absolute Gasteiger partial charge is 0.207 e. The van der Waals surface area contributed by atoms with Crippen LogP contribution in [0, 0.1) is 23.2 Å². The van der Waals surface area contributed by atoms with Crippen LogP contribution in [0.2, 0.25) is 0 Å². The first-order chi connectivity index (χ1) is 8.95. The summed E-state index contributed by atoms with van der Waals surface area (Å²) in [6.45, 7) is 5.20. The molecule has 0 radical (unpaired) electrons. The van der Waals surface area contributed by atoms with Crippen LogP contribution in [0.25, 0.3) is 0 Å². The molecule has 0 unspecified atom stereocenters. The zero-order valence-electron chi connectivity index (χ0n) is 11.2. The van der Waals surface area contributed by atoms with Crippen molar-refractivity contribution in [2.24, 2.45) is 11.8 Å². The Kier molecular flexibility index (Phi) is 3.93. The first kappa shape index (κ1) is 14.0. The average molecular weight is 278 g/mol. The minimum atomic E-state index is -3.56. The number of sulfonamides is 1. The predicted octanol–water partition coefficient (Wildman–Crippen LogP) is 2.22. The van der Waals surface area contributed by atoms with E-state index >= 15 is 0 Å². The normalized spacial score (nSPS) is 24.9. The lowest BCUT2D eigenvalue weighted by Crippen LogP contribution is -2.42. The summed E-state index contributed by atoms with van der Waals surface area (Å²) in [6, 6.07) is 8.35. The van der Waals surface area contributed by atoms with Crippen LogP contribution in [0.5, 0.6) is 0 Å². The molecule has 2 atom stereocenters. The molecule has 1 aliphatic heterocycles. The van der Waals surface area contributed by atoms with Crippen LogP contribution >= 0.6 is 0 Å². The summed E-state index contributed by atoms with van der Waals surface area (Å²) in [5.74, 6) is 0.709. The molecule has 0 N–H and O–H groups in total. The first-order valence-corrected chi connectivity index (χ1v) is 7.88. The molecule has 0 aromatic heterocycles. The van der Waals surface area contributed by atoms with Crippen molar-refractivity contribution in [2.75, 3.05) is 13.1 Å². The molecule has 1 fully saturated rings. The summed E-state index contributed by atoms with van der Waals surface area (Å²) in [4.78, 5) is 0.124. The third-order valence-electron chi connectivity index (χ3n) is 3.46. The second-order valence-corrected chi connectivity index (χ2v) is 7.28. The molecule has 5 heteroatoms. The summed E-state index contributed by atoms with van der Waals surface area (Å²) in [5.41, 5.74) is 0.216. The summed E-state index contributed by atoms with van der Waals surface area (Å²) < 4.78 is 26.8. The Morgan fingerprint density at radius 2 is 1.79 bits per heavy atom. The molecule has 1 aliphatic rings. The van der Waals surface area contributed by atoms with E-state index in [1.807, 2.05) is 6.07 Å². The highest BCUT2D eigenvalue weighted by Crippen LogP contribution is 2.27. The van der Waals surface area contributed by atoms with E-state index in [1.165, 1.54) is 10.4 Å². The Hall–Kier alpha value is -1.38. The van der Waals surface area contributed by atoms with Crippen LogP contribution in [0.3, 0.4) is 0 Å². The maximum absolute atomic E-state index is 12.6. The summed E-state index contributed by atoms with van der Waals surface area (Å²) >= 11 is 0. The van der Waals surface area contributed by atoms with Gasteiger partial charge in [0.05, 0.1) is 10.5 Å². The molecule has 1 saturated heterocycles. The second-order valence-electron chi connectivity index (χ2n) is 5.38. The minimum absolute atomic E-state index is 0.124. The number of hydrogen-bond acceptors (Lipinski definition) is 3. The summed E-state index contributed by atoms with van der Waals surface area (Å²) in [5, 5.41) is 9.05. The van der Waals surface area contributed by atoms with Crippen molar-refractivity contribution in [3.63, 3.8) is 0 Å². The fraction of sp³-hybridized carbons (Fsp3) is 0.500. The second kappa shape index (κ2) is 5.32. The molecule has 0 bridgehead atoms. The molecule has 1 heterocycles. The lowest BCUT2D eigenvalue weighted by molar-refractivity contribution is 0.222. The van der Waals surface area contributed by atoms with Crippen molar-refractivity contribution >= 4 is 10.0 Å². The van der Waals surface area contributed by atoms with Crippen LogP contribution in [-0.2, 0) is 10.0 Å². The number of nitriles is 1. The van der Waals surface area contributed by atoms with Crippen LogP contribution in [0.15, 0.2) is 29.2 Å². The third kappa shape index (κ3) is 2.80. The van der Waals surface area contributed by atoms with Gasteiger partial charge < -0.3 is 0 Å². The van der Waals surface area contributed by atoms with Gasteiger partial charge in [-0.1, -0.05) is 26.0 Å². The Bertz CT molecular complexity index is 594. The van der Waals surface area contributed by atoms with Gasteiger partial charge in [-0.25, -0.2) is 8.42 Å². The number of piperidine rings is 1. The molecular weight excluding hydrogens is 260 g/mol. The van der Waals surface area contributed by atoms with Gasteiger partial charge in [0.25, 0.3) is 0 Å². The molecular formula is C14H18N2O2S. The quantitative estimate of drug-likeness (QED) is 0.833. The van der Waals surface area contributed by atoms with Crippen molar-refractivity contribution < 1.29 is 8.42 Å². The van der Waals surface area contributed by atoms with Gasteiger partial charge in [0.2, 0.25) is 10.0 Å². The molecule has 4 nitrogen and oxygen atoms in total. The Morgan fingerprint density at radius 3 is 2.37 bits per heavy atom. The van der Waals surface area contributed by atoms with Crippen molar-refractivity contribution in [3.8, 4) is 6.07 Å². The van der Waals surface area contributed by atoms with Crippen LogP contribution in [0.4, 0.5) is 0 Å². The Labute approximate surface area is 114 Å². The summed E-state index contributed by atoms with van der Waals surface area (Å²) in [6.07, 6.45) is 1.05. The monoisotopic (exact) mass is 278 g/mol. The van der Waals surface area contributed by atoms with Crippen molar-refractivity contribution in [3.05, 3.63) is 29.8 Å². The van der Waals surface area contributed by atoms with E-state index in [0.29, 0.717) is 24.9 Å². The highest BCUT2D eigenvalue weighted by Gasteiger charge is 2.32.